The maximum absolute atomic E-state index is 3.90. The Morgan fingerprint density at radius 3 is 1.36 bits per heavy atom. The second-order valence-corrected chi connectivity index (χ2v) is 9.36. The van der Waals surface area contributed by atoms with Gasteiger partial charge in [-0.1, -0.05) is 143 Å². The molecule has 0 N–H and O–H groups in total. The Balaban J connectivity index is 0.000000250. The van der Waals surface area contributed by atoms with E-state index in [2.05, 4.69) is 102 Å². The van der Waals surface area contributed by atoms with Crippen LogP contribution >= 0.6 is 0 Å². The van der Waals surface area contributed by atoms with Crippen LogP contribution in [0.25, 0.3) is 22.8 Å². The van der Waals surface area contributed by atoms with Gasteiger partial charge in [-0.05, 0) is 60.1 Å². The van der Waals surface area contributed by atoms with Crippen LogP contribution in [0.3, 0.4) is 0 Å². The minimum absolute atomic E-state index is 0.250. The standard InChI is InChI=1S/C12H14.C12H16.C9H10/c1-9(2)11-6-5-7-12(8-11)10(3)4;1-5-10-6-8-11(9-7-10)12(2,3)4;1-8(2)9-6-4-3-5-7-9/h5-8H,1,3H2,2,4H3;5-9H,1H2,2-4H3;3-7H,1H2,2H3. The van der Waals surface area contributed by atoms with Crippen molar-refractivity contribution in [3.8, 4) is 0 Å². The van der Waals surface area contributed by atoms with Gasteiger partial charge in [-0.3, -0.25) is 0 Å². The third-order valence-electron chi connectivity index (χ3n) is 5.13. The molecule has 0 radical (unpaired) electrons. The van der Waals surface area contributed by atoms with Gasteiger partial charge in [0.1, 0.15) is 0 Å². The molecule has 0 aliphatic carbocycles. The van der Waals surface area contributed by atoms with Crippen LogP contribution < -0.4 is 0 Å². The summed E-state index contributed by atoms with van der Waals surface area (Å²) >= 11 is 0. The molecule has 3 rings (SSSR count). The van der Waals surface area contributed by atoms with Gasteiger partial charge >= 0.3 is 0 Å². The van der Waals surface area contributed by atoms with Crippen LogP contribution in [0, 0.1) is 0 Å². The molecular weight excluding hydrogens is 396 g/mol. The average molecular weight is 437 g/mol. The average Bonchev–Trinajstić information content (AvgIpc) is 2.80. The molecule has 3 aromatic rings. The lowest BCUT2D eigenvalue weighted by atomic mass is 9.87. The van der Waals surface area contributed by atoms with Gasteiger partial charge in [-0.15, -0.1) is 0 Å². The SMILES string of the molecule is C=C(C)c1cccc(C(=C)C)c1.C=C(C)c1ccccc1.C=Cc1ccc(C(C)(C)C)cc1. The smallest absolute Gasteiger partial charge is 0.0132 e. The van der Waals surface area contributed by atoms with Crippen LogP contribution in [0.15, 0.2) is 105 Å². The first-order valence-corrected chi connectivity index (χ1v) is 11.3. The predicted octanol–water partition coefficient (Wildman–Crippen LogP) is 10.1. The number of hydrogen-bond acceptors (Lipinski definition) is 0. The number of rotatable bonds is 4. The van der Waals surface area contributed by atoms with Crippen LogP contribution in [-0.2, 0) is 5.41 Å². The van der Waals surface area contributed by atoms with E-state index in [1.807, 2.05) is 51.1 Å². The van der Waals surface area contributed by atoms with Gasteiger partial charge in [-0.25, -0.2) is 0 Å². The van der Waals surface area contributed by atoms with Crippen molar-refractivity contribution in [3.05, 3.63) is 133 Å². The molecule has 33 heavy (non-hydrogen) atoms. The number of benzene rings is 3. The fourth-order valence-electron chi connectivity index (χ4n) is 2.89. The second kappa shape index (κ2) is 13.2. The fourth-order valence-corrected chi connectivity index (χ4v) is 2.89. The van der Waals surface area contributed by atoms with E-state index in [1.165, 1.54) is 27.8 Å². The quantitative estimate of drug-likeness (QED) is 0.381. The van der Waals surface area contributed by atoms with E-state index in [4.69, 9.17) is 0 Å². The highest BCUT2D eigenvalue weighted by Gasteiger charge is 2.12. The fraction of sp³-hybridized carbons (Fsp3) is 0.212. The van der Waals surface area contributed by atoms with Crippen LogP contribution in [0.4, 0.5) is 0 Å². The minimum atomic E-state index is 0.250. The third kappa shape index (κ3) is 10.2. The van der Waals surface area contributed by atoms with Crippen LogP contribution in [-0.4, -0.2) is 0 Å². The van der Waals surface area contributed by atoms with Crippen LogP contribution in [0.2, 0.25) is 0 Å². The topological polar surface area (TPSA) is 0 Å². The number of hydrogen-bond donors (Lipinski definition) is 0. The van der Waals surface area contributed by atoms with Gasteiger partial charge in [0.15, 0.2) is 0 Å². The molecule has 0 saturated carbocycles. The summed E-state index contributed by atoms with van der Waals surface area (Å²) in [5.74, 6) is 0. The molecular formula is C33H40. The van der Waals surface area contributed by atoms with Gasteiger partial charge in [0.25, 0.3) is 0 Å². The highest BCUT2D eigenvalue weighted by molar-refractivity contribution is 5.68. The zero-order valence-electron chi connectivity index (χ0n) is 21.4. The monoisotopic (exact) mass is 436 g/mol. The summed E-state index contributed by atoms with van der Waals surface area (Å²) in [6.07, 6.45) is 1.87. The molecule has 0 nitrogen and oxygen atoms in total. The molecule has 0 heterocycles. The molecule has 0 aliphatic rings. The molecule has 0 atom stereocenters. The molecule has 0 unspecified atom stereocenters. The van der Waals surface area contributed by atoms with E-state index in [-0.39, 0.29) is 5.41 Å². The minimum Gasteiger partial charge on any atom is -0.0985 e. The highest BCUT2D eigenvalue weighted by atomic mass is 14.2. The molecule has 172 valence electrons. The summed E-state index contributed by atoms with van der Waals surface area (Å²) < 4.78 is 0. The Morgan fingerprint density at radius 1 is 0.606 bits per heavy atom. The molecule has 0 heteroatoms. The molecule has 0 saturated heterocycles. The van der Waals surface area contributed by atoms with E-state index in [0.29, 0.717) is 0 Å². The van der Waals surface area contributed by atoms with Gasteiger partial charge in [0.2, 0.25) is 0 Å². The van der Waals surface area contributed by atoms with Crippen molar-refractivity contribution in [2.24, 2.45) is 0 Å². The predicted molar refractivity (Wildman–Crippen MR) is 152 cm³/mol. The Kier molecular flexibility index (Phi) is 11.1. The molecule has 0 fully saturated rings. The first-order chi connectivity index (χ1) is 15.5. The largest absolute Gasteiger partial charge is 0.0985 e. The molecule has 0 aliphatic heterocycles. The molecule has 0 aromatic heterocycles. The van der Waals surface area contributed by atoms with Gasteiger partial charge < -0.3 is 0 Å². The van der Waals surface area contributed by atoms with Crippen molar-refractivity contribution >= 4 is 22.8 Å². The first kappa shape index (κ1) is 27.7. The van der Waals surface area contributed by atoms with E-state index in [0.717, 1.165) is 16.7 Å². The lowest BCUT2D eigenvalue weighted by Crippen LogP contribution is -2.10. The summed E-state index contributed by atoms with van der Waals surface area (Å²) in [6, 6.07) is 27.0. The van der Waals surface area contributed by atoms with Crippen LogP contribution in [0.5, 0.6) is 0 Å². The zero-order valence-corrected chi connectivity index (χ0v) is 21.4. The maximum Gasteiger partial charge on any atom is -0.0132 e. The Labute approximate surface area is 202 Å². The molecule has 0 spiro atoms. The number of allylic oxidation sites excluding steroid dienone is 3. The highest BCUT2D eigenvalue weighted by Crippen LogP contribution is 2.22. The molecule has 0 bridgehead atoms. The summed E-state index contributed by atoms with van der Waals surface area (Å²) in [5.41, 5.74) is 9.71. The summed E-state index contributed by atoms with van der Waals surface area (Å²) in [4.78, 5) is 0. The normalized spacial score (nSPS) is 10.0. The van der Waals surface area contributed by atoms with E-state index in [1.54, 1.807) is 0 Å². The lowest BCUT2D eigenvalue weighted by molar-refractivity contribution is 0.590. The lowest BCUT2D eigenvalue weighted by Gasteiger charge is -2.18. The molecule has 3 aromatic carbocycles. The van der Waals surface area contributed by atoms with Crippen molar-refractivity contribution < 1.29 is 0 Å². The zero-order chi connectivity index (χ0) is 25.0. The Hall–Kier alpha value is -3.38. The van der Waals surface area contributed by atoms with Crippen LogP contribution in [0.1, 0.15) is 69.4 Å². The van der Waals surface area contributed by atoms with E-state index >= 15 is 0 Å². The van der Waals surface area contributed by atoms with E-state index < -0.39 is 0 Å². The third-order valence-corrected chi connectivity index (χ3v) is 5.13. The summed E-state index contributed by atoms with van der Waals surface area (Å²) in [6.45, 7) is 28.0. The van der Waals surface area contributed by atoms with Gasteiger partial charge in [0, 0.05) is 0 Å². The maximum atomic E-state index is 3.90. The molecule has 0 amide bonds. The summed E-state index contributed by atoms with van der Waals surface area (Å²) in [7, 11) is 0. The Morgan fingerprint density at radius 2 is 1.03 bits per heavy atom. The van der Waals surface area contributed by atoms with Crippen molar-refractivity contribution in [1.29, 1.82) is 0 Å². The van der Waals surface area contributed by atoms with Gasteiger partial charge in [-0.2, -0.15) is 0 Å². The Bertz CT molecular complexity index is 1030. The van der Waals surface area contributed by atoms with Gasteiger partial charge in [0.05, 0.1) is 0 Å². The summed E-state index contributed by atoms with van der Waals surface area (Å²) in [5, 5.41) is 0. The second-order valence-electron chi connectivity index (χ2n) is 9.36. The van der Waals surface area contributed by atoms with E-state index in [9.17, 15) is 0 Å². The van der Waals surface area contributed by atoms with Crippen molar-refractivity contribution in [2.45, 2.75) is 47.0 Å². The van der Waals surface area contributed by atoms with Crippen molar-refractivity contribution in [1.82, 2.24) is 0 Å². The first-order valence-electron chi connectivity index (χ1n) is 11.3. The van der Waals surface area contributed by atoms with Crippen molar-refractivity contribution in [2.75, 3.05) is 0 Å². The van der Waals surface area contributed by atoms with Crippen molar-refractivity contribution in [3.63, 3.8) is 0 Å².